The standard InChI is InChI=1S/C16H13F3N4/c17-16(18,19)13-3-1-2-10(6-13)9-21-15-12(8-20)7-14(22-23-15)11-4-5-11/h1-3,6-7,11H,4-5,9H2,(H,21,23). The van der Waals surface area contributed by atoms with E-state index < -0.39 is 11.7 Å². The number of hydrogen-bond acceptors (Lipinski definition) is 4. The predicted molar refractivity (Wildman–Crippen MR) is 77.5 cm³/mol. The summed E-state index contributed by atoms with van der Waals surface area (Å²) in [7, 11) is 0. The maximum atomic E-state index is 12.7. The molecule has 0 radical (unpaired) electrons. The van der Waals surface area contributed by atoms with Crippen molar-refractivity contribution in [3.05, 3.63) is 52.7 Å². The van der Waals surface area contributed by atoms with Gasteiger partial charge in [0.25, 0.3) is 0 Å². The van der Waals surface area contributed by atoms with Gasteiger partial charge in [-0.3, -0.25) is 0 Å². The smallest absolute Gasteiger partial charge is 0.363 e. The third-order valence-electron chi connectivity index (χ3n) is 3.64. The Kier molecular flexibility index (Phi) is 3.90. The first kappa shape index (κ1) is 15.3. The lowest BCUT2D eigenvalue weighted by molar-refractivity contribution is -0.137. The number of nitriles is 1. The third-order valence-corrected chi connectivity index (χ3v) is 3.64. The number of alkyl halides is 3. The van der Waals surface area contributed by atoms with Crippen LogP contribution in [-0.2, 0) is 12.7 Å². The molecule has 118 valence electrons. The molecule has 1 heterocycles. The molecule has 1 saturated carbocycles. The van der Waals surface area contributed by atoms with Crippen LogP contribution in [0.2, 0.25) is 0 Å². The van der Waals surface area contributed by atoms with Gasteiger partial charge >= 0.3 is 6.18 Å². The maximum absolute atomic E-state index is 12.7. The van der Waals surface area contributed by atoms with Crippen LogP contribution in [0.4, 0.5) is 19.0 Å². The van der Waals surface area contributed by atoms with Crippen molar-refractivity contribution < 1.29 is 13.2 Å². The second kappa shape index (κ2) is 5.88. The van der Waals surface area contributed by atoms with E-state index in [-0.39, 0.29) is 12.4 Å². The molecule has 1 aliphatic rings. The minimum absolute atomic E-state index is 0.135. The van der Waals surface area contributed by atoms with Crippen molar-refractivity contribution in [2.24, 2.45) is 0 Å². The first-order valence-electron chi connectivity index (χ1n) is 7.15. The highest BCUT2D eigenvalue weighted by Gasteiger charge is 2.30. The number of hydrogen-bond donors (Lipinski definition) is 1. The fraction of sp³-hybridized carbons (Fsp3) is 0.312. The lowest BCUT2D eigenvalue weighted by Crippen LogP contribution is -2.08. The van der Waals surface area contributed by atoms with Crippen LogP contribution in [0, 0.1) is 11.3 Å². The summed E-state index contributed by atoms with van der Waals surface area (Å²) < 4.78 is 38.1. The Morgan fingerprint density at radius 2 is 2.00 bits per heavy atom. The van der Waals surface area contributed by atoms with Crippen LogP contribution in [-0.4, -0.2) is 10.2 Å². The van der Waals surface area contributed by atoms with E-state index in [4.69, 9.17) is 0 Å². The molecular formula is C16H13F3N4. The van der Waals surface area contributed by atoms with Crippen LogP contribution in [0.15, 0.2) is 30.3 Å². The molecule has 0 amide bonds. The molecule has 2 aromatic rings. The molecule has 1 fully saturated rings. The average Bonchev–Trinajstić information content (AvgIpc) is 3.37. The Morgan fingerprint density at radius 1 is 1.22 bits per heavy atom. The lowest BCUT2D eigenvalue weighted by Gasteiger charge is -2.10. The van der Waals surface area contributed by atoms with E-state index in [1.165, 1.54) is 6.07 Å². The number of benzene rings is 1. The molecule has 1 aliphatic carbocycles. The second-order valence-corrected chi connectivity index (χ2v) is 5.47. The Balaban J connectivity index is 1.74. The van der Waals surface area contributed by atoms with Crippen molar-refractivity contribution in [3.8, 4) is 6.07 Å². The molecule has 7 heteroatoms. The van der Waals surface area contributed by atoms with Gasteiger partial charge < -0.3 is 5.32 Å². The zero-order valence-electron chi connectivity index (χ0n) is 12.1. The summed E-state index contributed by atoms with van der Waals surface area (Å²) in [5.41, 5.74) is 0.907. The van der Waals surface area contributed by atoms with Crippen LogP contribution >= 0.6 is 0 Å². The van der Waals surface area contributed by atoms with Crippen molar-refractivity contribution >= 4 is 5.82 Å². The molecule has 1 aromatic heterocycles. The molecular weight excluding hydrogens is 305 g/mol. The number of halogens is 3. The number of nitrogens with one attached hydrogen (secondary N) is 1. The van der Waals surface area contributed by atoms with Gasteiger partial charge in [0.2, 0.25) is 0 Å². The fourth-order valence-electron chi connectivity index (χ4n) is 2.24. The van der Waals surface area contributed by atoms with Gasteiger partial charge in [-0.15, -0.1) is 5.10 Å². The normalized spacial score (nSPS) is 14.3. The van der Waals surface area contributed by atoms with Crippen LogP contribution in [0.5, 0.6) is 0 Å². The molecule has 0 bridgehead atoms. The van der Waals surface area contributed by atoms with E-state index in [0.29, 0.717) is 17.0 Å². The lowest BCUT2D eigenvalue weighted by atomic mass is 10.1. The molecule has 23 heavy (non-hydrogen) atoms. The minimum Gasteiger partial charge on any atom is -0.363 e. The molecule has 0 atom stereocenters. The molecule has 0 saturated heterocycles. The second-order valence-electron chi connectivity index (χ2n) is 5.47. The van der Waals surface area contributed by atoms with Gasteiger partial charge in [-0.1, -0.05) is 12.1 Å². The van der Waals surface area contributed by atoms with E-state index in [9.17, 15) is 18.4 Å². The van der Waals surface area contributed by atoms with E-state index in [0.717, 1.165) is 30.7 Å². The summed E-state index contributed by atoms with van der Waals surface area (Å²) in [6, 6.07) is 8.77. The number of aromatic nitrogens is 2. The highest BCUT2D eigenvalue weighted by Crippen LogP contribution is 2.39. The van der Waals surface area contributed by atoms with Crippen LogP contribution in [0.1, 0.15) is 41.1 Å². The molecule has 3 rings (SSSR count). The van der Waals surface area contributed by atoms with Gasteiger partial charge in [0.15, 0.2) is 5.82 Å². The van der Waals surface area contributed by atoms with E-state index >= 15 is 0 Å². The van der Waals surface area contributed by atoms with E-state index in [2.05, 4.69) is 15.5 Å². The first-order valence-corrected chi connectivity index (χ1v) is 7.15. The van der Waals surface area contributed by atoms with Crippen LogP contribution in [0.25, 0.3) is 0 Å². The van der Waals surface area contributed by atoms with Crippen molar-refractivity contribution in [3.63, 3.8) is 0 Å². The Labute approximate surface area is 131 Å². The van der Waals surface area contributed by atoms with Crippen molar-refractivity contribution in [2.45, 2.75) is 31.5 Å². The van der Waals surface area contributed by atoms with Crippen LogP contribution in [0.3, 0.4) is 0 Å². The SMILES string of the molecule is N#Cc1cc(C2CC2)nnc1NCc1cccc(C(F)(F)F)c1. The number of nitrogens with zero attached hydrogens (tertiary/aromatic N) is 3. The summed E-state index contributed by atoms with van der Waals surface area (Å²) in [6.07, 6.45) is -2.27. The number of anilines is 1. The van der Waals surface area contributed by atoms with Gasteiger partial charge in [-0.25, -0.2) is 0 Å². The summed E-state index contributed by atoms with van der Waals surface area (Å²) in [4.78, 5) is 0. The first-order chi connectivity index (χ1) is 11.0. The Bertz CT molecular complexity index is 761. The average molecular weight is 318 g/mol. The summed E-state index contributed by atoms with van der Waals surface area (Å²) in [5, 5.41) is 20.1. The minimum atomic E-state index is -4.38. The van der Waals surface area contributed by atoms with Crippen molar-refractivity contribution in [1.82, 2.24) is 10.2 Å². The molecule has 1 N–H and O–H groups in total. The van der Waals surface area contributed by atoms with Gasteiger partial charge in [-0.2, -0.15) is 23.5 Å². The van der Waals surface area contributed by atoms with Crippen LogP contribution < -0.4 is 5.32 Å². The highest BCUT2D eigenvalue weighted by atomic mass is 19.4. The Morgan fingerprint density at radius 3 is 2.65 bits per heavy atom. The fourth-order valence-corrected chi connectivity index (χ4v) is 2.24. The molecule has 0 unspecified atom stereocenters. The third kappa shape index (κ3) is 3.59. The van der Waals surface area contributed by atoms with Crippen molar-refractivity contribution in [2.75, 3.05) is 5.32 Å². The number of rotatable bonds is 4. The summed E-state index contributed by atoms with van der Waals surface area (Å²) >= 11 is 0. The maximum Gasteiger partial charge on any atom is 0.416 e. The topological polar surface area (TPSA) is 61.6 Å². The van der Waals surface area contributed by atoms with Gasteiger partial charge in [0, 0.05) is 12.5 Å². The zero-order valence-corrected chi connectivity index (χ0v) is 12.1. The molecule has 0 aliphatic heterocycles. The zero-order chi connectivity index (χ0) is 16.4. The van der Waals surface area contributed by atoms with Gasteiger partial charge in [0.1, 0.15) is 6.07 Å². The predicted octanol–water partition coefficient (Wildman–Crippen LogP) is 3.86. The van der Waals surface area contributed by atoms with Crippen molar-refractivity contribution in [1.29, 1.82) is 5.26 Å². The van der Waals surface area contributed by atoms with E-state index in [1.807, 2.05) is 6.07 Å². The quantitative estimate of drug-likeness (QED) is 0.930. The largest absolute Gasteiger partial charge is 0.416 e. The highest BCUT2D eigenvalue weighted by molar-refractivity contribution is 5.52. The monoisotopic (exact) mass is 318 g/mol. The summed E-state index contributed by atoms with van der Waals surface area (Å²) in [6.45, 7) is 0.135. The van der Waals surface area contributed by atoms with Gasteiger partial charge in [-0.05, 0) is 36.6 Å². The van der Waals surface area contributed by atoms with Gasteiger partial charge in [0.05, 0.1) is 16.8 Å². The summed E-state index contributed by atoms with van der Waals surface area (Å²) in [5.74, 6) is 0.668. The molecule has 1 aromatic carbocycles. The van der Waals surface area contributed by atoms with E-state index in [1.54, 1.807) is 12.1 Å². The molecule has 0 spiro atoms. The Hall–Kier alpha value is -2.62. The molecule has 4 nitrogen and oxygen atoms in total.